The number of methoxy groups -OCH3 is 1. The van der Waals surface area contributed by atoms with Gasteiger partial charge in [-0.2, -0.15) is 0 Å². The smallest absolute Gasteiger partial charge is 0.0784 e. The molecule has 0 aliphatic heterocycles. The van der Waals surface area contributed by atoms with Crippen molar-refractivity contribution in [1.82, 2.24) is 0 Å². The molecule has 13 heavy (non-hydrogen) atoms. The van der Waals surface area contributed by atoms with Crippen molar-refractivity contribution in [3.63, 3.8) is 0 Å². The average molecular weight is 182 g/mol. The molecule has 0 amide bonds. The SMILES string of the molecule is CO/C=C/C[C@@H](C)CCC=C(C)C. The molecule has 0 saturated carbocycles. The lowest BCUT2D eigenvalue weighted by Gasteiger charge is -2.05. The van der Waals surface area contributed by atoms with Crippen molar-refractivity contribution in [2.75, 3.05) is 7.11 Å². The van der Waals surface area contributed by atoms with E-state index >= 15 is 0 Å². The third kappa shape index (κ3) is 9.19. The summed E-state index contributed by atoms with van der Waals surface area (Å²) in [5.74, 6) is 0.752. The van der Waals surface area contributed by atoms with Crippen LogP contribution in [-0.4, -0.2) is 7.11 Å². The first-order chi connectivity index (χ1) is 6.16. The Morgan fingerprint density at radius 2 is 2.08 bits per heavy atom. The predicted molar refractivity (Wildman–Crippen MR) is 58.6 cm³/mol. The number of allylic oxidation sites excluding steroid dienone is 3. The molecule has 0 heterocycles. The van der Waals surface area contributed by atoms with Crippen molar-refractivity contribution >= 4 is 0 Å². The van der Waals surface area contributed by atoms with Crippen molar-refractivity contribution in [2.24, 2.45) is 5.92 Å². The van der Waals surface area contributed by atoms with E-state index in [9.17, 15) is 0 Å². The molecule has 0 aliphatic carbocycles. The van der Waals surface area contributed by atoms with E-state index in [4.69, 9.17) is 4.74 Å². The summed E-state index contributed by atoms with van der Waals surface area (Å²) in [6.07, 6.45) is 9.73. The summed E-state index contributed by atoms with van der Waals surface area (Å²) in [5.41, 5.74) is 1.42. The number of hydrogen-bond acceptors (Lipinski definition) is 1. The molecule has 0 N–H and O–H groups in total. The van der Waals surface area contributed by atoms with Gasteiger partial charge in [0.25, 0.3) is 0 Å². The van der Waals surface area contributed by atoms with Crippen LogP contribution in [-0.2, 0) is 4.74 Å². The first kappa shape index (κ1) is 12.3. The van der Waals surface area contributed by atoms with Crippen LogP contribution in [0.2, 0.25) is 0 Å². The van der Waals surface area contributed by atoms with Crippen molar-refractivity contribution in [1.29, 1.82) is 0 Å². The van der Waals surface area contributed by atoms with Crippen LogP contribution < -0.4 is 0 Å². The molecule has 0 bridgehead atoms. The van der Waals surface area contributed by atoms with Gasteiger partial charge in [-0.15, -0.1) is 0 Å². The highest BCUT2D eigenvalue weighted by atomic mass is 16.5. The molecule has 0 radical (unpaired) electrons. The van der Waals surface area contributed by atoms with E-state index in [0.717, 1.165) is 12.3 Å². The van der Waals surface area contributed by atoms with Crippen LogP contribution in [0.25, 0.3) is 0 Å². The summed E-state index contributed by atoms with van der Waals surface area (Å²) in [7, 11) is 1.68. The molecule has 0 spiro atoms. The summed E-state index contributed by atoms with van der Waals surface area (Å²) < 4.78 is 4.84. The largest absolute Gasteiger partial charge is 0.505 e. The lowest BCUT2D eigenvalue weighted by molar-refractivity contribution is 0.335. The maximum atomic E-state index is 4.84. The van der Waals surface area contributed by atoms with Crippen molar-refractivity contribution in [2.45, 2.75) is 40.0 Å². The third-order valence-corrected chi connectivity index (χ3v) is 1.98. The average Bonchev–Trinajstić information content (AvgIpc) is 2.04. The fraction of sp³-hybridized carbons (Fsp3) is 0.667. The lowest BCUT2D eigenvalue weighted by atomic mass is 10.0. The maximum Gasteiger partial charge on any atom is 0.0784 e. The van der Waals surface area contributed by atoms with Gasteiger partial charge in [-0.1, -0.05) is 18.6 Å². The highest BCUT2D eigenvalue weighted by molar-refractivity contribution is 4.93. The number of rotatable bonds is 6. The molecule has 0 fully saturated rings. The van der Waals surface area contributed by atoms with Crippen LogP contribution in [0.4, 0.5) is 0 Å². The zero-order valence-electron chi connectivity index (χ0n) is 9.34. The Kier molecular flexibility index (Phi) is 7.47. The second-order valence-corrected chi connectivity index (χ2v) is 3.81. The van der Waals surface area contributed by atoms with Gasteiger partial charge in [0.1, 0.15) is 0 Å². The molecule has 0 rings (SSSR count). The zero-order valence-corrected chi connectivity index (χ0v) is 9.34. The molecule has 0 aromatic rings. The standard InChI is InChI=1S/C12H22O/c1-11(2)7-5-8-12(3)9-6-10-13-4/h6-7,10,12H,5,8-9H2,1-4H3/b10-6+/t12-/m0/s1. The second-order valence-electron chi connectivity index (χ2n) is 3.81. The van der Waals surface area contributed by atoms with Crippen molar-refractivity contribution in [3.05, 3.63) is 24.0 Å². The predicted octanol–water partition coefficient (Wildman–Crippen LogP) is 3.92. The van der Waals surface area contributed by atoms with Crippen molar-refractivity contribution in [3.8, 4) is 0 Å². The molecule has 0 aromatic carbocycles. The third-order valence-electron chi connectivity index (χ3n) is 1.98. The summed E-state index contributed by atoms with van der Waals surface area (Å²) >= 11 is 0. The van der Waals surface area contributed by atoms with E-state index in [-0.39, 0.29) is 0 Å². The molecule has 1 nitrogen and oxygen atoms in total. The van der Waals surface area contributed by atoms with Gasteiger partial charge in [-0.25, -0.2) is 0 Å². The first-order valence-corrected chi connectivity index (χ1v) is 4.98. The topological polar surface area (TPSA) is 9.23 Å². The fourth-order valence-corrected chi connectivity index (χ4v) is 1.16. The van der Waals surface area contributed by atoms with Gasteiger partial charge in [-0.05, 0) is 45.1 Å². The summed E-state index contributed by atoms with van der Waals surface area (Å²) in [6, 6.07) is 0. The summed E-state index contributed by atoms with van der Waals surface area (Å²) in [5, 5.41) is 0. The van der Waals surface area contributed by atoms with Crippen molar-refractivity contribution < 1.29 is 4.74 Å². The summed E-state index contributed by atoms with van der Waals surface area (Å²) in [4.78, 5) is 0. The van der Waals surface area contributed by atoms with Gasteiger partial charge in [0.2, 0.25) is 0 Å². The highest BCUT2D eigenvalue weighted by Crippen LogP contribution is 2.12. The Morgan fingerprint density at radius 1 is 1.38 bits per heavy atom. The Labute approximate surface area is 82.5 Å². The molecule has 0 unspecified atom stereocenters. The van der Waals surface area contributed by atoms with Gasteiger partial charge in [0.05, 0.1) is 13.4 Å². The van der Waals surface area contributed by atoms with E-state index in [2.05, 4.69) is 32.9 Å². The normalized spacial score (nSPS) is 12.9. The minimum atomic E-state index is 0.752. The van der Waals surface area contributed by atoms with Crippen LogP contribution in [0.15, 0.2) is 24.0 Å². The van der Waals surface area contributed by atoms with Gasteiger partial charge < -0.3 is 4.74 Å². The molecule has 0 aromatic heterocycles. The monoisotopic (exact) mass is 182 g/mol. The molecule has 0 aliphatic rings. The van der Waals surface area contributed by atoms with E-state index in [0.29, 0.717) is 0 Å². The molecule has 0 saturated heterocycles. The van der Waals surface area contributed by atoms with Gasteiger partial charge >= 0.3 is 0 Å². The van der Waals surface area contributed by atoms with Gasteiger partial charge in [0.15, 0.2) is 0 Å². The quantitative estimate of drug-likeness (QED) is 0.447. The highest BCUT2D eigenvalue weighted by Gasteiger charge is 1.97. The van der Waals surface area contributed by atoms with Crippen LogP contribution in [0.3, 0.4) is 0 Å². The van der Waals surface area contributed by atoms with Crippen LogP contribution in [0, 0.1) is 5.92 Å². The van der Waals surface area contributed by atoms with E-state index < -0.39 is 0 Å². The second kappa shape index (κ2) is 7.90. The Balaban J connectivity index is 3.46. The van der Waals surface area contributed by atoms with E-state index in [1.165, 1.54) is 18.4 Å². The van der Waals surface area contributed by atoms with Crippen LogP contribution in [0.1, 0.15) is 40.0 Å². The first-order valence-electron chi connectivity index (χ1n) is 4.98. The maximum absolute atomic E-state index is 4.84. The van der Waals surface area contributed by atoms with Gasteiger partial charge in [-0.3, -0.25) is 0 Å². The number of ether oxygens (including phenoxy) is 1. The van der Waals surface area contributed by atoms with Crippen LogP contribution >= 0.6 is 0 Å². The minimum Gasteiger partial charge on any atom is -0.505 e. The molecule has 1 atom stereocenters. The van der Waals surface area contributed by atoms with E-state index in [1.807, 2.05) is 0 Å². The zero-order chi connectivity index (χ0) is 10.1. The summed E-state index contributed by atoms with van der Waals surface area (Å²) in [6.45, 7) is 6.57. The van der Waals surface area contributed by atoms with E-state index in [1.54, 1.807) is 13.4 Å². The fourth-order valence-electron chi connectivity index (χ4n) is 1.16. The Morgan fingerprint density at radius 3 is 2.62 bits per heavy atom. The molecular formula is C12H22O. The van der Waals surface area contributed by atoms with Crippen LogP contribution in [0.5, 0.6) is 0 Å². The Hall–Kier alpha value is -0.720. The van der Waals surface area contributed by atoms with Gasteiger partial charge in [0, 0.05) is 0 Å². The molecule has 76 valence electrons. The molecular weight excluding hydrogens is 160 g/mol. The number of hydrogen-bond donors (Lipinski definition) is 0. The lowest BCUT2D eigenvalue weighted by Crippen LogP contribution is -1.91. The molecule has 1 heteroatoms. The Bertz CT molecular complexity index is 164. The minimum absolute atomic E-state index is 0.752.